The normalized spacial score (nSPS) is 10.5. The molecule has 0 spiro atoms. The standard InChI is InChI=1S/C9H10N4/c1-5-12-7-4-2-3-6(9(10)11)8(7)13-5/h2-4H,1H3,(H3,10,11)(H,12,13). The maximum absolute atomic E-state index is 7.36. The molecule has 0 fully saturated rings. The van der Waals surface area contributed by atoms with Crippen molar-refractivity contribution < 1.29 is 0 Å². The Hall–Kier alpha value is -1.84. The van der Waals surface area contributed by atoms with E-state index >= 15 is 0 Å². The predicted octanol–water partition coefficient (Wildman–Crippen LogP) is 1.16. The number of benzene rings is 1. The SMILES string of the molecule is Cc1nc2cccc(C(=N)N)c2[nH]1. The Kier molecular flexibility index (Phi) is 1.55. The number of nitrogens with one attached hydrogen (secondary N) is 2. The summed E-state index contributed by atoms with van der Waals surface area (Å²) in [6, 6.07) is 5.55. The van der Waals surface area contributed by atoms with Gasteiger partial charge in [-0.1, -0.05) is 6.07 Å². The summed E-state index contributed by atoms with van der Waals surface area (Å²) in [4.78, 5) is 7.32. The van der Waals surface area contributed by atoms with Crippen molar-refractivity contribution in [2.24, 2.45) is 5.73 Å². The van der Waals surface area contributed by atoms with Gasteiger partial charge in [0, 0.05) is 5.56 Å². The number of rotatable bonds is 1. The van der Waals surface area contributed by atoms with Crippen molar-refractivity contribution in [3.8, 4) is 0 Å². The second kappa shape index (κ2) is 2.58. The van der Waals surface area contributed by atoms with E-state index in [4.69, 9.17) is 11.1 Å². The van der Waals surface area contributed by atoms with Crippen molar-refractivity contribution in [1.82, 2.24) is 9.97 Å². The highest BCUT2D eigenvalue weighted by Crippen LogP contribution is 2.15. The zero-order valence-corrected chi connectivity index (χ0v) is 7.26. The molecule has 1 aromatic carbocycles. The molecule has 0 aliphatic carbocycles. The molecule has 4 nitrogen and oxygen atoms in total. The molecule has 4 heteroatoms. The van der Waals surface area contributed by atoms with Crippen LogP contribution in [0.15, 0.2) is 18.2 Å². The molecular weight excluding hydrogens is 164 g/mol. The van der Waals surface area contributed by atoms with E-state index in [9.17, 15) is 0 Å². The van der Waals surface area contributed by atoms with Gasteiger partial charge in [-0.25, -0.2) is 4.98 Å². The number of nitrogen functional groups attached to an aromatic ring is 1. The zero-order valence-electron chi connectivity index (χ0n) is 7.26. The number of imidazole rings is 1. The van der Waals surface area contributed by atoms with Crippen molar-refractivity contribution in [3.05, 3.63) is 29.6 Å². The van der Waals surface area contributed by atoms with Crippen LogP contribution in [0.3, 0.4) is 0 Å². The lowest BCUT2D eigenvalue weighted by molar-refractivity contribution is 1.17. The lowest BCUT2D eigenvalue weighted by Gasteiger charge is -1.97. The number of para-hydroxylation sites is 1. The quantitative estimate of drug-likeness (QED) is 0.448. The third kappa shape index (κ3) is 1.16. The first-order valence-corrected chi connectivity index (χ1v) is 3.98. The van der Waals surface area contributed by atoms with Gasteiger partial charge in [0.1, 0.15) is 11.7 Å². The van der Waals surface area contributed by atoms with Gasteiger partial charge < -0.3 is 10.7 Å². The molecule has 0 saturated carbocycles. The van der Waals surface area contributed by atoms with Crippen molar-refractivity contribution in [2.75, 3.05) is 0 Å². The summed E-state index contributed by atoms with van der Waals surface area (Å²) >= 11 is 0. The van der Waals surface area contributed by atoms with Crippen LogP contribution in [0.5, 0.6) is 0 Å². The topological polar surface area (TPSA) is 78.6 Å². The van der Waals surface area contributed by atoms with Crippen LogP contribution in [0, 0.1) is 12.3 Å². The highest BCUT2D eigenvalue weighted by atomic mass is 14.9. The van der Waals surface area contributed by atoms with E-state index in [1.807, 2.05) is 25.1 Å². The van der Waals surface area contributed by atoms with Crippen LogP contribution in [0.2, 0.25) is 0 Å². The van der Waals surface area contributed by atoms with Gasteiger partial charge in [-0.05, 0) is 19.1 Å². The van der Waals surface area contributed by atoms with Crippen LogP contribution < -0.4 is 5.73 Å². The number of amidine groups is 1. The predicted molar refractivity (Wildman–Crippen MR) is 51.8 cm³/mol. The van der Waals surface area contributed by atoms with Gasteiger partial charge in [-0.2, -0.15) is 0 Å². The van der Waals surface area contributed by atoms with Gasteiger partial charge in [0.25, 0.3) is 0 Å². The third-order valence-corrected chi connectivity index (χ3v) is 1.93. The second-order valence-corrected chi connectivity index (χ2v) is 2.94. The molecule has 0 saturated heterocycles. The third-order valence-electron chi connectivity index (χ3n) is 1.93. The van der Waals surface area contributed by atoms with E-state index in [1.54, 1.807) is 0 Å². The number of H-pyrrole nitrogens is 1. The molecular formula is C9H10N4. The van der Waals surface area contributed by atoms with Crippen molar-refractivity contribution >= 4 is 16.9 Å². The summed E-state index contributed by atoms with van der Waals surface area (Å²) in [6.45, 7) is 1.88. The molecule has 0 amide bonds. The molecule has 2 rings (SSSR count). The van der Waals surface area contributed by atoms with Crippen LogP contribution in [-0.4, -0.2) is 15.8 Å². The summed E-state index contributed by atoms with van der Waals surface area (Å²) in [5.41, 5.74) is 7.82. The first kappa shape index (κ1) is 7.79. The molecule has 0 aliphatic rings. The van der Waals surface area contributed by atoms with Gasteiger partial charge in [-0.3, -0.25) is 5.41 Å². The Labute approximate surface area is 75.3 Å². The van der Waals surface area contributed by atoms with E-state index < -0.39 is 0 Å². The Morgan fingerprint density at radius 1 is 1.54 bits per heavy atom. The van der Waals surface area contributed by atoms with Crippen LogP contribution in [0.25, 0.3) is 11.0 Å². The van der Waals surface area contributed by atoms with E-state index in [1.165, 1.54) is 0 Å². The number of fused-ring (bicyclic) bond motifs is 1. The number of hydrogen-bond acceptors (Lipinski definition) is 2. The highest BCUT2D eigenvalue weighted by molar-refractivity contribution is 6.05. The first-order chi connectivity index (χ1) is 6.18. The van der Waals surface area contributed by atoms with Gasteiger partial charge in [0.05, 0.1) is 11.0 Å². The Balaban J connectivity index is 2.82. The second-order valence-electron chi connectivity index (χ2n) is 2.94. The molecule has 0 atom stereocenters. The van der Waals surface area contributed by atoms with Gasteiger partial charge in [0.2, 0.25) is 0 Å². The molecule has 2 aromatic rings. The number of nitrogens with zero attached hydrogens (tertiary/aromatic N) is 1. The van der Waals surface area contributed by atoms with Crippen LogP contribution in [-0.2, 0) is 0 Å². The molecule has 0 bridgehead atoms. The van der Waals surface area contributed by atoms with Gasteiger partial charge in [0.15, 0.2) is 0 Å². The van der Waals surface area contributed by atoms with E-state index in [0.717, 1.165) is 16.9 Å². The smallest absolute Gasteiger partial charge is 0.124 e. The first-order valence-electron chi connectivity index (χ1n) is 3.98. The fourth-order valence-corrected chi connectivity index (χ4v) is 1.38. The Bertz CT molecular complexity index is 469. The number of hydrogen-bond donors (Lipinski definition) is 3. The fourth-order valence-electron chi connectivity index (χ4n) is 1.38. The molecule has 0 aliphatic heterocycles. The maximum atomic E-state index is 7.36. The number of aryl methyl sites for hydroxylation is 1. The van der Waals surface area contributed by atoms with Crippen molar-refractivity contribution in [1.29, 1.82) is 5.41 Å². The molecule has 1 aromatic heterocycles. The summed E-state index contributed by atoms with van der Waals surface area (Å²) in [7, 11) is 0. The van der Waals surface area contributed by atoms with E-state index in [0.29, 0.717) is 5.56 Å². The average Bonchev–Trinajstić information content (AvgIpc) is 2.43. The van der Waals surface area contributed by atoms with Crippen LogP contribution >= 0.6 is 0 Å². The molecule has 0 radical (unpaired) electrons. The minimum Gasteiger partial charge on any atom is -0.384 e. The van der Waals surface area contributed by atoms with Crippen molar-refractivity contribution in [3.63, 3.8) is 0 Å². The number of nitrogens with two attached hydrogens (primary N) is 1. The minimum atomic E-state index is 0.0641. The summed E-state index contributed by atoms with van der Waals surface area (Å²) < 4.78 is 0. The van der Waals surface area contributed by atoms with E-state index in [2.05, 4.69) is 9.97 Å². The Morgan fingerprint density at radius 2 is 2.31 bits per heavy atom. The Morgan fingerprint density at radius 3 is 3.00 bits per heavy atom. The monoisotopic (exact) mass is 174 g/mol. The number of aromatic amines is 1. The molecule has 4 N–H and O–H groups in total. The van der Waals surface area contributed by atoms with Crippen LogP contribution in [0.4, 0.5) is 0 Å². The minimum absolute atomic E-state index is 0.0641. The molecule has 13 heavy (non-hydrogen) atoms. The summed E-state index contributed by atoms with van der Waals surface area (Å²) in [5.74, 6) is 0.901. The van der Waals surface area contributed by atoms with Gasteiger partial charge in [-0.15, -0.1) is 0 Å². The average molecular weight is 174 g/mol. The zero-order chi connectivity index (χ0) is 9.42. The molecule has 66 valence electrons. The van der Waals surface area contributed by atoms with Gasteiger partial charge >= 0.3 is 0 Å². The highest BCUT2D eigenvalue weighted by Gasteiger charge is 2.05. The fraction of sp³-hybridized carbons (Fsp3) is 0.111. The lowest BCUT2D eigenvalue weighted by atomic mass is 10.2. The van der Waals surface area contributed by atoms with Crippen molar-refractivity contribution in [2.45, 2.75) is 6.92 Å². The maximum Gasteiger partial charge on any atom is 0.124 e. The molecule has 1 heterocycles. The lowest BCUT2D eigenvalue weighted by Crippen LogP contribution is -2.11. The molecule has 0 unspecified atom stereocenters. The largest absolute Gasteiger partial charge is 0.384 e. The van der Waals surface area contributed by atoms with Crippen LogP contribution in [0.1, 0.15) is 11.4 Å². The summed E-state index contributed by atoms with van der Waals surface area (Å²) in [5, 5.41) is 7.36. The summed E-state index contributed by atoms with van der Waals surface area (Å²) in [6.07, 6.45) is 0. The van der Waals surface area contributed by atoms with E-state index in [-0.39, 0.29) is 5.84 Å². The number of aromatic nitrogens is 2.